The summed E-state index contributed by atoms with van der Waals surface area (Å²) in [6.45, 7) is 1.57. The molecule has 1 N–H and O–H groups in total. The zero-order valence-electron chi connectivity index (χ0n) is 13.8. The molecular weight excluding hydrogens is 280 g/mol. The van der Waals surface area contributed by atoms with E-state index >= 15 is 0 Å². The van der Waals surface area contributed by atoms with Gasteiger partial charge in [-0.1, -0.05) is 19.3 Å². The molecule has 0 radical (unpaired) electrons. The van der Waals surface area contributed by atoms with Crippen molar-refractivity contribution in [3.63, 3.8) is 0 Å². The molecule has 0 bridgehead atoms. The molecule has 22 heavy (non-hydrogen) atoms. The largest absolute Gasteiger partial charge is 0.469 e. The van der Waals surface area contributed by atoms with Crippen LogP contribution in [0.5, 0.6) is 0 Å². The van der Waals surface area contributed by atoms with Crippen LogP contribution in [0.15, 0.2) is 0 Å². The fourth-order valence-corrected chi connectivity index (χ4v) is 3.16. The number of nitrogens with one attached hydrogen (secondary N) is 1. The molecule has 2 aliphatic carbocycles. The highest BCUT2D eigenvalue weighted by atomic mass is 16.5. The van der Waals surface area contributed by atoms with Crippen molar-refractivity contribution in [1.82, 2.24) is 10.2 Å². The Kier molecular flexibility index (Phi) is 7.00. The Morgan fingerprint density at radius 2 is 1.82 bits per heavy atom. The standard InChI is InChI=1S/C17H30N2O3/c1-22-16(20)9-5-6-12-18-17(21)19(13-14-10-11-14)15-7-3-2-4-8-15/h14-15H,2-13H2,1H3,(H,18,21). The number of unbranched alkanes of at least 4 members (excludes halogenated alkanes) is 1. The fourth-order valence-electron chi connectivity index (χ4n) is 3.16. The number of hydrogen-bond donors (Lipinski definition) is 1. The molecule has 5 nitrogen and oxygen atoms in total. The van der Waals surface area contributed by atoms with Crippen molar-refractivity contribution < 1.29 is 14.3 Å². The van der Waals surface area contributed by atoms with E-state index in [9.17, 15) is 9.59 Å². The first-order valence-corrected chi connectivity index (χ1v) is 8.82. The second-order valence-corrected chi connectivity index (χ2v) is 6.65. The third-order valence-corrected chi connectivity index (χ3v) is 4.74. The van der Waals surface area contributed by atoms with Crippen molar-refractivity contribution in [3.05, 3.63) is 0 Å². The van der Waals surface area contributed by atoms with E-state index in [2.05, 4.69) is 15.0 Å². The van der Waals surface area contributed by atoms with Gasteiger partial charge in [-0.05, 0) is 44.4 Å². The molecule has 2 amide bonds. The van der Waals surface area contributed by atoms with E-state index in [-0.39, 0.29) is 12.0 Å². The molecule has 0 saturated heterocycles. The van der Waals surface area contributed by atoms with Gasteiger partial charge in [0.15, 0.2) is 0 Å². The van der Waals surface area contributed by atoms with E-state index in [0.29, 0.717) is 19.0 Å². The van der Waals surface area contributed by atoms with Crippen LogP contribution in [0.25, 0.3) is 0 Å². The molecule has 0 aromatic heterocycles. The summed E-state index contributed by atoms with van der Waals surface area (Å²) in [5.41, 5.74) is 0. The molecule has 0 aliphatic heterocycles. The Morgan fingerprint density at radius 1 is 1.09 bits per heavy atom. The summed E-state index contributed by atoms with van der Waals surface area (Å²) in [7, 11) is 1.41. The summed E-state index contributed by atoms with van der Waals surface area (Å²) in [6.07, 6.45) is 10.7. The van der Waals surface area contributed by atoms with Crippen LogP contribution in [0.2, 0.25) is 0 Å². The monoisotopic (exact) mass is 310 g/mol. The molecule has 126 valence electrons. The summed E-state index contributed by atoms with van der Waals surface area (Å²) in [6, 6.07) is 0.529. The third-order valence-electron chi connectivity index (χ3n) is 4.74. The minimum atomic E-state index is -0.177. The number of hydrogen-bond acceptors (Lipinski definition) is 3. The van der Waals surface area contributed by atoms with Crippen molar-refractivity contribution in [3.8, 4) is 0 Å². The van der Waals surface area contributed by atoms with Gasteiger partial charge in [0.25, 0.3) is 0 Å². The van der Waals surface area contributed by atoms with Gasteiger partial charge in [-0.25, -0.2) is 4.79 Å². The van der Waals surface area contributed by atoms with E-state index in [1.807, 2.05) is 0 Å². The lowest BCUT2D eigenvalue weighted by Crippen LogP contribution is -2.48. The Morgan fingerprint density at radius 3 is 2.45 bits per heavy atom. The highest BCUT2D eigenvalue weighted by Gasteiger charge is 2.31. The van der Waals surface area contributed by atoms with Crippen molar-refractivity contribution in [2.75, 3.05) is 20.2 Å². The molecule has 0 spiro atoms. The summed E-state index contributed by atoms with van der Waals surface area (Å²) in [5.74, 6) is 0.552. The molecule has 0 aromatic rings. The number of carbonyl (C=O) groups excluding carboxylic acids is 2. The van der Waals surface area contributed by atoms with E-state index < -0.39 is 0 Å². The lowest BCUT2D eigenvalue weighted by atomic mass is 9.94. The van der Waals surface area contributed by atoms with Gasteiger partial charge in [-0.15, -0.1) is 0 Å². The molecule has 0 aromatic carbocycles. The molecule has 0 unspecified atom stereocenters. The second-order valence-electron chi connectivity index (χ2n) is 6.65. The predicted octanol–water partition coefficient (Wildman–Crippen LogP) is 3.08. The molecule has 0 heterocycles. The van der Waals surface area contributed by atoms with Crippen molar-refractivity contribution in [2.45, 2.75) is 70.3 Å². The number of methoxy groups -OCH3 is 1. The van der Waals surface area contributed by atoms with Gasteiger partial charge in [0.1, 0.15) is 0 Å². The quantitative estimate of drug-likeness (QED) is 0.553. The smallest absolute Gasteiger partial charge is 0.317 e. The first-order valence-electron chi connectivity index (χ1n) is 8.82. The Balaban J connectivity index is 1.69. The van der Waals surface area contributed by atoms with Gasteiger partial charge in [0.2, 0.25) is 0 Å². The van der Waals surface area contributed by atoms with Crippen LogP contribution in [0.3, 0.4) is 0 Å². The van der Waals surface area contributed by atoms with Crippen LogP contribution in [0.4, 0.5) is 4.79 Å². The van der Waals surface area contributed by atoms with Gasteiger partial charge in [-0.3, -0.25) is 4.79 Å². The van der Waals surface area contributed by atoms with Crippen LogP contribution in [0, 0.1) is 5.92 Å². The summed E-state index contributed by atoms with van der Waals surface area (Å²) < 4.78 is 4.61. The van der Waals surface area contributed by atoms with Crippen molar-refractivity contribution in [2.24, 2.45) is 5.92 Å². The lowest BCUT2D eigenvalue weighted by molar-refractivity contribution is -0.140. The van der Waals surface area contributed by atoms with Gasteiger partial charge in [-0.2, -0.15) is 0 Å². The van der Waals surface area contributed by atoms with Crippen LogP contribution < -0.4 is 5.32 Å². The number of rotatable bonds is 8. The van der Waals surface area contributed by atoms with Crippen LogP contribution in [0.1, 0.15) is 64.2 Å². The summed E-state index contributed by atoms with van der Waals surface area (Å²) >= 11 is 0. The van der Waals surface area contributed by atoms with Gasteiger partial charge >= 0.3 is 12.0 Å². The average Bonchev–Trinajstić information content (AvgIpc) is 3.36. The van der Waals surface area contributed by atoms with Gasteiger partial charge in [0, 0.05) is 25.6 Å². The second kappa shape index (κ2) is 9.01. The van der Waals surface area contributed by atoms with E-state index in [1.54, 1.807) is 0 Å². The number of carbonyl (C=O) groups is 2. The first-order chi connectivity index (χ1) is 10.7. The highest BCUT2D eigenvalue weighted by Crippen LogP contribution is 2.32. The zero-order chi connectivity index (χ0) is 15.8. The number of nitrogens with zero attached hydrogens (tertiary/aromatic N) is 1. The maximum Gasteiger partial charge on any atom is 0.317 e. The zero-order valence-corrected chi connectivity index (χ0v) is 13.8. The topological polar surface area (TPSA) is 58.6 Å². The molecule has 2 aliphatic rings. The summed E-state index contributed by atoms with van der Waals surface area (Å²) in [5, 5.41) is 3.04. The molecule has 0 atom stereocenters. The lowest BCUT2D eigenvalue weighted by Gasteiger charge is -2.34. The molecule has 2 rings (SSSR count). The number of esters is 1. The Hall–Kier alpha value is -1.26. The van der Waals surface area contributed by atoms with Gasteiger partial charge in [0.05, 0.1) is 7.11 Å². The van der Waals surface area contributed by atoms with E-state index in [1.165, 1.54) is 39.2 Å². The number of ether oxygens (including phenoxy) is 1. The molecule has 2 saturated carbocycles. The van der Waals surface area contributed by atoms with Crippen molar-refractivity contribution >= 4 is 12.0 Å². The minimum Gasteiger partial charge on any atom is -0.469 e. The molecule has 2 fully saturated rings. The van der Waals surface area contributed by atoms with E-state index in [0.717, 1.165) is 38.1 Å². The maximum atomic E-state index is 12.5. The maximum absolute atomic E-state index is 12.5. The van der Waals surface area contributed by atoms with Crippen LogP contribution >= 0.6 is 0 Å². The number of urea groups is 1. The number of amides is 2. The fraction of sp³-hybridized carbons (Fsp3) is 0.882. The highest BCUT2D eigenvalue weighted by molar-refractivity contribution is 5.74. The first kappa shape index (κ1) is 17.1. The Bertz CT molecular complexity index is 363. The van der Waals surface area contributed by atoms with E-state index in [4.69, 9.17) is 0 Å². The summed E-state index contributed by atoms with van der Waals surface area (Å²) in [4.78, 5) is 25.6. The SMILES string of the molecule is COC(=O)CCCCNC(=O)N(CC1CC1)C1CCCCC1. The van der Waals surface area contributed by atoms with Crippen molar-refractivity contribution in [1.29, 1.82) is 0 Å². The van der Waals surface area contributed by atoms with Gasteiger partial charge < -0.3 is 15.0 Å². The minimum absolute atomic E-state index is 0.0943. The van der Waals surface area contributed by atoms with Crippen LogP contribution in [-0.4, -0.2) is 43.1 Å². The van der Waals surface area contributed by atoms with Crippen LogP contribution in [-0.2, 0) is 9.53 Å². The Labute approximate surface area is 133 Å². The average molecular weight is 310 g/mol. The predicted molar refractivity (Wildman–Crippen MR) is 85.6 cm³/mol. The third kappa shape index (κ3) is 5.85. The molecular formula is C17H30N2O3. The normalized spacial score (nSPS) is 18.8. The molecule has 5 heteroatoms.